The predicted octanol–water partition coefficient (Wildman–Crippen LogP) is 0.709. The molecule has 0 saturated carbocycles. The molecule has 2 aromatic rings. The third kappa shape index (κ3) is 2.70. The summed E-state index contributed by atoms with van der Waals surface area (Å²) in [6, 6.07) is 7.95. The third-order valence-electron chi connectivity index (χ3n) is 3.39. The number of carbonyl (C=O) groups is 1. The van der Waals surface area contributed by atoms with Crippen molar-refractivity contribution in [2.45, 2.75) is 32.5 Å². The summed E-state index contributed by atoms with van der Waals surface area (Å²) in [4.78, 5) is 16.2. The second kappa shape index (κ2) is 5.42. The van der Waals surface area contributed by atoms with E-state index in [-0.39, 0.29) is 18.5 Å². The molecule has 0 unspecified atom stereocenters. The SMILES string of the molecule is Cc1nc(CNC(=O)[C@@H]2Cc3ccccc3CN2)no1. The summed E-state index contributed by atoms with van der Waals surface area (Å²) in [5.74, 6) is 0.952. The maximum Gasteiger partial charge on any atom is 0.237 e. The Bertz CT molecular complexity index is 623. The number of hydrogen-bond acceptors (Lipinski definition) is 5. The van der Waals surface area contributed by atoms with Gasteiger partial charge in [0.25, 0.3) is 0 Å². The smallest absolute Gasteiger partial charge is 0.237 e. The van der Waals surface area contributed by atoms with Gasteiger partial charge in [-0.05, 0) is 17.5 Å². The van der Waals surface area contributed by atoms with Crippen molar-refractivity contribution in [3.05, 3.63) is 47.1 Å². The molecule has 3 rings (SSSR count). The summed E-state index contributed by atoms with van der Waals surface area (Å²) in [6.45, 7) is 2.73. The van der Waals surface area contributed by atoms with Gasteiger partial charge in [-0.3, -0.25) is 4.79 Å². The first-order valence-corrected chi connectivity index (χ1v) is 6.59. The number of fused-ring (bicyclic) bond motifs is 1. The standard InChI is InChI=1S/C14H16N4O2/c1-9-17-13(18-20-9)8-16-14(19)12-6-10-4-2-3-5-11(10)7-15-12/h2-5,12,15H,6-8H2,1H3,(H,16,19)/t12-/m0/s1. The van der Waals surface area contributed by atoms with Crippen LogP contribution in [0, 0.1) is 6.92 Å². The second-order valence-corrected chi connectivity index (χ2v) is 4.85. The zero-order valence-electron chi connectivity index (χ0n) is 11.2. The van der Waals surface area contributed by atoms with Gasteiger partial charge >= 0.3 is 0 Å². The molecule has 20 heavy (non-hydrogen) atoms. The molecule has 1 aliphatic rings. The van der Waals surface area contributed by atoms with Crippen molar-refractivity contribution in [2.24, 2.45) is 0 Å². The van der Waals surface area contributed by atoms with Crippen molar-refractivity contribution in [3.63, 3.8) is 0 Å². The molecule has 1 atom stereocenters. The first kappa shape index (κ1) is 12.8. The molecule has 0 fully saturated rings. The van der Waals surface area contributed by atoms with Gasteiger partial charge in [-0.15, -0.1) is 0 Å². The van der Waals surface area contributed by atoms with Crippen LogP contribution in [0.1, 0.15) is 22.8 Å². The number of benzene rings is 1. The van der Waals surface area contributed by atoms with Crippen LogP contribution in [0.4, 0.5) is 0 Å². The molecule has 1 amide bonds. The van der Waals surface area contributed by atoms with Crippen molar-refractivity contribution in [1.82, 2.24) is 20.8 Å². The van der Waals surface area contributed by atoms with E-state index in [1.54, 1.807) is 6.92 Å². The van der Waals surface area contributed by atoms with Crippen LogP contribution in [0.3, 0.4) is 0 Å². The van der Waals surface area contributed by atoms with E-state index in [4.69, 9.17) is 4.52 Å². The lowest BCUT2D eigenvalue weighted by Gasteiger charge is -2.25. The van der Waals surface area contributed by atoms with Gasteiger partial charge in [0, 0.05) is 13.5 Å². The monoisotopic (exact) mass is 272 g/mol. The Balaban J connectivity index is 1.59. The van der Waals surface area contributed by atoms with E-state index in [9.17, 15) is 4.79 Å². The van der Waals surface area contributed by atoms with Crippen LogP contribution >= 0.6 is 0 Å². The maximum absolute atomic E-state index is 12.1. The van der Waals surface area contributed by atoms with Crippen LogP contribution in [-0.2, 0) is 24.3 Å². The molecule has 1 aromatic carbocycles. The Kier molecular flexibility index (Phi) is 3.47. The highest BCUT2D eigenvalue weighted by molar-refractivity contribution is 5.82. The number of nitrogens with one attached hydrogen (secondary N) is 2. The van der Waals surface area contributed by atoms with E-state index in [2.05, 4.69) is 32.9 Å². The Morgan fingerprint density at radius 3 is 3.00 bits per heavy atom. The van der Waals surface area contributed by atoms with Gasteiger partial charge in [0.05, 0.1) is 12.6 Å². The van der Waals surface area contributed by atoms with Crippen molar-refractivity contribution < 1.29 is 9.32 Å². The minimum atomic E-state index is -0.210. The maximum atomic E-state index is 12.1. The molecular formula is C14H16N4O2. The van der Waals surface area contributed by atoms with Crippen LogP contribution < -0.4 is 10.6 Å². The molecule has 1 aromatic heterocycles. The summed E-state index contributed by atoms with van der Waals surface area (Å²) in [5.41, 5.74) is 2.48. The van der Waals surface area contributed by atoms with E-state index in [1.165, 1.54) is 11.1 Å². The Morgan fingerprint density at radius 2 is 2.25 bits per heavy atom. The number of aryl methyl sites for hydroxylation is 1. The van der Waals surface area contributed by atoms with Gasteiger partial charge in [-0.1, -0.05) is 29.4 Å². The largest absolute Gasteiger partial charge is 0.347 e. The highest BCUT2D eigenvalue weighted by Gasteiger charge is 2.23. The topological polar surface area (TPSA) is 80.0 Å². The van der Waals surface area contributed by atoms with Crippen molar-refractivity contribution >= 4 is 5.91 Å². The highest BCUT2D eigenvalue weighted by Crippen LogP contribution is 2.16. The Morgan fingerprint density at radius 1 is 1.45 bits per heavy atom. The number of amides is 1. The summed E-state index contributed by atoms with van der Waals surface area (Å²) in [5, 5.41) is 9.81. The van der Waals surface area contributed by atoms with Crippen LogP contribution in [-0.4, -0.2) is 22.1 Å². The van der Waals surface area contributed by atoms with E-state index in [0.717, 1.165) is 6.54 Å². The molecule has 2 heterocycles. The number of nitrogens with zero attached hydrogens (tertiary/aromatic N) is 2. The average molecular weight is 272 g/mol. The van der Waals surface area contributed by atoms with Crippen LogP contribution in [0.25, 0.3) is 0 Å². The van der Waals surface area contributed by atoms with Gasteiger partial charge in [0.1, 0.15) is 0 Å². The second-order valence-electron chi connectivity index (χ2n) is 4.85. The van der Waals surface area contributed by atoms with E-state index >= 15 is 0 Å². The summed E-state index contributed by atoms with van der Waals surface area (Å²) < 4.78 is 4.86. The molecule has 104 valence electrons. The summed E-state index contributed by atoms with van der Waals surface area (Å²) in [6.07, 6.45) is 0.702. The van der Waals surface area contributed by atoms with Gasteiger partial charge < -0.3 is 15.2 Å². The molecule has 2 N–H and O–H groups in total. The van der Waals surface area contributed by atoms with Crippen molar-refractivity contribution in [2.75, 3.05) is 0 Å². The third-order valence-corrected chi connectivity index (χ3v) is 3.39. The first-order valence-electron chi connectivity index (χ1n) is 6.59. The first-order chi connectivity index (χ1) is 9.72. The number of aromatic nitrogens is 2. The van der Waals surface area contributed by atoms with E-state index in [0.29, 0.717) is 18.1 Å². The van der Waals surface area contributed by atoms with Crippen LogP contribution in [0.2, 0.25) is 0 Å². The van der Waals surface area contributed by atoms with Gasteiger partial charge in [0.15, 0.2) is 5.82 Å². The fraction of sp³-hybridized carbons (Fsp3) is 0.357. The van der Waals surface area contributed by atoms with Gasteiger partial charge in [0.2, 0.25) is 11.8 Å². The van der Waals surface area contributed by atoms with E-state index < -0.39 is 0 Å². The van der Waals surface area contributed by atoms with Crippen LogP contribution in [0.5, 0.6) is 0 Å². The normalized spacial score (nSPS) is 17.6. The molecule has 6 heteroatoms. The minimum absolute atomic E-state index is 0.0399. The lowest BCUT2D eigenvalue weighted by molar-refractivity contribution is -0.123. The quantitative estimate of drug-likeness (QED) is 0.860. The minimum Gasteiger partial charge on any atom is -0.347 e. The molecule has 0 spiro atoms. The zero-order valence-corrected chi connectivity index (χ0v) is 11.2. The summed E-state index contributed by atoms with van der Waals surface area (Å²) >= 11 is 0. The Labute approximate surface area is 116 Å². The number of rotatable bonds is 3. The Hall–Kier alpha value is -2.21. The zero-order chi connectivity index (χ0) is 13.9. The lowest BCUT2D eigenvalue weighted by Crippen LogP contribution is -2.47. The fourth-order valence-electron chi connectivity index (χ4n) is 2.34. The molecule has 6 nitrogen and oxygen atoms in total. The number of carbonyl (C=O) groups excluding carboxylic acids is 1. The molecule has 0 radical (unpaired) electrons. The van der Waals surface area contributed by atoms with E-state index in [1.807, 2.05) is 12.1 Å². The molecular weight excluding hydrogens is 256 g/mol. The number of hydrogen-bond donors (Lipinski definition) is 2. The van der Waals surface area contributed by atoms with Gasteiger partial charge in [-0.25, -0.2) is 0 Å². The highest BCUT2D eigenvalue weighted by atomic mass is 16.5. The fourth-order valence-corrected chi connectivity index (χ4v) is 2.34. The summed E-state index contributed by atoms with van der Waals surface area (Å²) in [7, 11) is 0. The van der Waals surface area contributed by atoms with Crippen LogP contribution in [0.15, 0.2) is 28.8 Å². The average Bonchev–Trinajstić information content (AvgIpc) is 2.90. The molecule has 0 aliphatic carbocycles. The molecule has 0 saturated heterocycles. The lowest BCUT2D eigenvalue weighted by atomic mass is 9.95. The predicted molar refractivity (Wildman–Crippen MR) is 71.7 cm³/mol. The van der Waals surface area contributed by atoms with Gasteiger partial charge in [-0.2, -0.15) is 4.98 Å². The van der Waals surface area contributed by atoms with Crippen molar-refractivity contribution in [3.8, 4) is 0 Å². The molecule has 0 bridgehead atoms. The van der Waals surface area contributed by atoms with Crippen molar-refractivity contribution in [1.29, 1.82) is 0 Å². The molecule has 1 aliphatic heterocycles.